The van der Waals surface area contributed by atoms with Crippen molar-refractivity contribution in [3.05, 3.63) is 29.8 Å². The van der Waals surface area contributed by atoms with Crippen LogP contribution >= 0.6 is 24.0 Å². The zero-order valence-corrected chi connectivity index (χ0v) is 15.9. The Bertz CT molecular complexity index is 473. The van der Waals surface area contributed by atoms with E-state index in [1.807, 2.05) is 24.3 Å². The van der Waals surface area contributed by atoms with E-state index in [4.69, 9.17) is 10.5 Å². The van der Waals surface area contributed by atoms with Gasteiger partial charge in [-0.05, 0) is 42.4 Å². The highest BCUT2D eigenvalue weighted by molar-refractivity contribution is 14.0. The largest absolute Gasteiger partial charge is 0.493 e. The summed E-state index contributed by atoms with van der Waals surface area (Å²) >= 11 is 0. The number of nitrogens with one attached hydrogen (secondary N) is 1. The van der Waals surface area contributed by atoms with Crippen molar-refractivity contribution < 1.29 is 4.74 Å². The first-order valence-corrected chi connectivity index (χ1v) is 7.89. The van der Waals surface area contributed by atoms with Crippen molar-refractivity contribution in [1.82, 2.24) is 5.32 Å². The van der Waals surface area contributed by atoms with Gasteiger partial charge in [0.2, 0.25) is 0 Å². The predicted octanol–water partition coefficient (Wildman–Crippen LogP) is 3.54. The molecule has 1 aromatic rings. The molecule has 0 atom stereocenters. The monoisotopic (exact) mass is 417 g/mol. The highest BCUT2D eigenvalue weighted by Gasteiger charge is 2.16. The molecule has 1 fully saturated rings. The average molecular weight is 417 g/mol. The third kappa shape index (κ3) is 6.85. The van der Waals surface area contributed by atoms with Crippen molar-refractivity contribution in [3.63, 3.8) is 0 Å². The number of nitrogens with zero attached hydrogens (tertiary/aromatic N) is 1. The fourth-order valence-corrected chi connectivity index (χ4v) is 2.17. The third-order valence-electron chi connectivity index (χ3n) is 3.71. The fourth-order valence-electron chi connectivity index (χ4n) is 2.17. The molecule has 0 unspecified atom stereocenters. The van der Waals surface area contributed by atoms with Crippen LogP contribution in [0.25, 0.3) is 0 Å². The summed E-state index contributed by atoms with van der Waals surface area (Å²) in [5.41, 5.74) is 7.01. The van der Waals surface area contributed by atoms with E-state index in [1.54, 1.807) is 0 Å². The molecule has 0 radical (unpaired) electrons. The van der Waals surface area contributed by atoms with Gasteiger partial charge in [0.1, 0.15) is 5.75 Å². The molecule has 4 nitrogen and oxygen atoms in total. The van der Waals surface area contributed by atoms with E-state index >= 15 is 0 Å². The van der Waals surface area contributed by atoms with Crippen molar-refractivity contribution in [2.45, 2.75) is 39.7 Å². The standard InChI is InChI=1S/C17H27N3O.HI/c1-13(2)12-21-16-8-4-7-15(9-16)11-20-17(18)19-10-14-5-3-6-14;/h4,7-9,13-14H,3,5-6,10-12H2,1-2H3,(H3,18,19,20);1H. The summed E-state index contributed by atoms with van der Waals surface area (Å²) < 4.78 is 5.72. The minimum absolute atomic E-state index is 0. The number of aliphatic imine (C=N–C) groups is 1. The summed E-state index contributed by atoms with van der Waals surface area (Å²) in [6.07, 6.45) is 3.98. The molecule has 0 amide bonds. The van der Waals surface area contributed by atoms with Crippen molar-refractivity contribution in [1.29, 1.82) is 0 Å². The third-order valence-corrected chi connectivity index (χ3v) is 3.71. The van der Waals surface area contributed by atoms with E-state index in [2.05, 4.69) is 24.2 Å². The second-order valence-corrected chi connectivity index (χ2v) is 6.23. The van der Waals surface area contributed by atoms with Crippen LogP contribution < -0.4 is 15.8 Å². The van der Waals surface area contributed by atoms with E-state index in [0.717, 1.165) is 30.4 Å². The lowest BCUT2D eigenvalue weighted by atomic mass is 9.85. The lowest BCUT2D eigenvalue weighted by molar-refractivity contribution is 0.271. The first-order valence-electron chi connectivity index (χ1n) is 7.89. The van der Waals surface area contributed by atoms with Crippen LogP contribution in [-0.4, -0.2) is 19.1 Å². The maximum Gasteiger partial charge on any atom is 0.188 e. The second-order valence-electron chi connectivity index (χ2n) is 6.23. The lowest BCUT2D eigenvalue weighted by Crippen LogP contribution is -2.37. The zero-order chi connectivity index (χ0) is 15.1. The molecule has 0 heterocycles. The van der Waals surface area contributed by atoms with Crippen LogP contribution in [0.5, 0.6) is 5.75 Å². The molecule has 124 valence electrons. The molecule has 1 aliphatic rings. The number of ether oxygens (including phenoxy) is 1. The van der Waals surface area contributed by atoms with E-state index < -0.39 is 0 Å². The van der Waals surface area contributed by atoms with Gasteiger partial charge >= 0.3 is 0 Å². The normalized spacial score (nSPS) is 15.1. The maximum absolute atomic E-state index is 5.89. The molecule has 3 N–H and O–H groups in total. The molecule has 0 spiro atoms. The molecule has 22 heavy (non-hydrogen) atoms. The summed E-state index contributed by atoms with van der Waals surface area (Å²) in [4.78, 5) is 4.39. The fraction of sp³-hybridized carbons (Fsp3) is 0.588. The van der Waals surface area contributed by atoms with Crippen LogP contribution in [0.15, 0.2) is 29.3 Å². The van der Waals surface area contributed by atoms with Gasteiger partial charge in [0, 0.05) is 6.54 Å². The molecule has 0 aromatic heterocycles. The molecule has 1 saturated carbocycles. The van der Waals surface area contributed by atoms with Gasteiger partial charge in [-0.25, -0.2) is 4.99 Å². The van der Waals surface area contributed by atoms with Gasteiger partial charge in [-0.3, -0.25) is 0 Å². The Balaban J connectivity index is 0.00000242. The Kier molecular flexibility index (Phi) is 8.60. The van der Waals surface area contributed by atoms with Gasteiger partial charge < -0.3 is 15.8 Å². The van der Waals surface area contributed by atoms with Crippen molar-refractivity contribution in [2.24, 2.45) is 22.6 Å². The second kappa shape index (κ2) is 9.92. The molecule has 0 bridgehead atoms. The number of halogens is 1. The summed E-state index contributed by atoms with van der Waals surface area (Å²) in [5, 5.41) is 3.21. The first kappa shape index (κ1) is 19.1. The highest BCUT2D eigenvalue weighted by atomic mass is 127. The number of nitrogens with two attached hydrogens (primary N) is 1. The van der Waals surface area contributed by atoms with Gasteiger partial charge in [0.05, 0.1) is 13.2 Å². The number of benzene rings is 1. The molecule has 1 aromatic carbocycles. The van der Waals surface area contributed by atoms with Crippen molar-refractivity contribution in [3.8, 4) is 5.75 Å². The Morgan fingerprint density at radius 3 is 2.82 bits per heavy atom. The van der Waals surface area contributed by atoms with Crippen molar-refractivity contribution in [2.75, 3.05) is 13.2 Å². The van der Waals surface area contributed by atoms with Crippen LogP contribution in [0.2, 0.25) is 0 Å². The van der Waals surface area contributed by atoms with Crippen LogP contribution in [-0.2, 0) is 6.54 Å². The molecular weight excluding hydrogens is 389 g/mol. The van der Waals surface area contributed by atoms with E-state index in [0.29, 0.717) is 18.4 Å². The zero-order valence-electron chi connectivity index (χ0n) is 13.5. The summed E-state index contributed by atoms with van der Waals surface area (Å²) in [6, 6.07) is 8.06. The van der Waals surface area contributed by atoms with E-state index in [-0.39, 0.29) is 24.0 Å². The van der Waals surface area contributed by atoms with Crippen LogP contribution in [0.3, 0.4) is 0 Å². The average Bonchev–Trinajstić information content (AvgIpc) is 2.42. The minimum atomic E-state index is 0. The summed E-state index contributed by atoms with van der Waals surface area (Å²) in [5.74, 6) is 2.75. The Hall–Kier alpha value is -0.980. The lowest BCUT2D eigenvalue weighted by Gasteiger charge is -2.25. The van der Waals surface area contributed by atoms with Crippen LogP contribution in [0.1, 0.15) is 38.7 Å². The topological polar surface area (TPSA) is 59.6 Å². The maximum atomic E-state index is 5.89. The van der Waals surface area contributed by atoms with Crippen LogP contribution in [0, 0.1) is 11.8 Å². The molecule has 0 saturated heterocycles. The molecule has 1 aliphatic carbocycles. The van der Waals surface area contributed by atoms with E-state index in [1.165, 1.54) is 19.3 Å². The Morgan fingerprint density at radius 1 is 1.41 bits per heavy atom. The van der Waals surface area contributed by atoms with Gasteiger partial charge in [0.25, 0.3) is 0 Å². The summed E-state index contributed by atoms with van der Waals surface area (Å²) in [6.45, 7) is 6.55. The predicted molar refractivity (Wildman–Crippen MR) is 103 cm³/mol. The molecule has 2 rings (SSSR count). The molecule has 0 aliphatic heterocycles. The smallest absolute Gasteiger partial charge is 0.188 e. The minimum Gasteiger partial charge on any atom is -0.493 e. The quantitative estimate of drug-likeness (QED) is 0.405. The number of guanidine groups is 1. The van der Waals surface area contributed by atoms with Gasteiger partial charge in [-0.2, -0.15) is 0 Å². The molecule has 5 heteroatoms. The van der Waals surface area contributed by atoms with Crippen molar-refractivity contribution >= 4 is 29.9 Å². The highest BCUT2D eigenvalue weighted by Crippen LogP contribution is 2.25. The van der Waals surface area contributed by atoms with Gasteiger partial charge in [-0.15, -0.1) is 24.0 Å². The Labute approximate surface area is 150 Å². The van der Waals surface area contributed by atoms with Gasteiger partial charge in [-0.1, -0.05) is 32.4 Å². The van der Waals surface area contributed by atoms with E-state index in [9.17, 15) is 0 Å². The Morgan fingerprint density at radius 2 is 2.18 bits per heavy atom. The number of rotatable bonds is 7. The molecular formula is C17H28IN3O. The van der Waals surface area contributed by atoms with Crippen LogP contribution in [0.4, 0.5) is 0 Å². The first-order chi connectivity index (χ1) is 10.1. The summed E-state index contributed by atoms with van der Waals surface area (Å²) in [7, 11) is 0. The number of hydrogen-bond acceptors (Lipinski definition) is 2. The van der Waals surface area contributed by atoms with Gasteiger partial charge in [0.15, 0.2) is 5.96 Å². The number of hydrogen-bond donors (Lipinski definition) is 2. The SMILES string of the molecule is CC(C)COc1cccc(CN=C(N)NCC2CCC2)c1.I.